The molecule has 8 nitrogen and oxygen atoms in total. The van der Waals surface area contributed by atoms with E-state index < -0.39 is 24.5 Å². The van der Waals surface area contributed by atoms with Gasteiger partial charge in [-0.05, 0) is 0 Å². The van der Waals surface area contributed by atoms with Gasteiger partial charge < -0.3 is 0 Å². The van der Waals surface area contributed by atoms with Crippen molar-refractivity contribution in [3.05, 3.63) is 0 Å². The zero-order chi connectivity index (χ0) is 16.4. The molecule has 0 spiro atoms. The second-order valence-electron chi connectivity index (χ2n) is 4.13. The average Bonchev–Trinajstić information content (AvgIpc) is 2.42. The van der Waals surface area contributed by atoms with Crippen LogP contribution in [0.25, 0.3) is 0 Å². The van der Waals surface area contributed by atoms with E-state index in [1.807, 2.05) is 0 Å². The second kappa shape index (κ2) is 10.6. The van der Waals surface area contributed by atoms with Gasteiger partial charge in [-0.3, -0.25) is 0 Å². The number of nitrogens with one attached hydrogen (secondary N) is 3. The Balaban J connectivity index is 4.29. The van der Waals surface area contributed by atoms with Crippen molar-refractivity contribution < 1.29 is 24.6 Å². The Hall–Kier alpha value is -1.09. The Labute approximate surface area is 135 Å². The maximum absolute atomic E-state index is 11.7. The Bertz CT molecular complexity index is 407. The van der Waals surface area contributed by atoms with Gasteiger partial charge in [0.05, 0.1) is 0 Å². The maximum atomic E-state index is 11.7. The van der Waals surface area contributed by atoms with Gasteiger partial charge in [0.25, 0.3) is 0 Å². The first kappa shape index (κ1) is 19.9. The van der Waals surface area contributed by atoms with Crippen molar-refractivity contribution in [1.29, 1.82) is 0 Å². The fourth-order valence-electron chi connectivity index (χ4n) is 1.41. The molecule has 2 amide bonds. The Kier molecular flexibility index (Phi) is 10.1. The van der Waals surface area contributed by atoms with Crippen LogP contribution in [0.4, 0.5) is 0 Å². The third-order valence-electron chi connectivity index (χ3n) is 2.55. The van der Waals surface area contributed by atoms with Crippen LogP contribution in [0.2, 0.25) is 0 Å². The van der Waals surface area contributed by atoms with E-state index in [9.17, 15) is 19.5 Å². The van der Waals surface area contributed by atoms with Crippen LogP contribution >= 0.6 is 12.6 Å². The number of aliphatic hydroxyl groups excluding tert-OH is 1. The van der Waals surface area contributed by atoms with E-state index in [2.05, 4.69) is 44.2 Å². The Morgan fingerprint density at radius 2 is 1.86 bits per heavy atom. The van der Waals surface area contributed by atoms with E-state index in [1.54, 1.807) is 7.05 Å². The Morgan fingerprint density at radius 1 is 1.24 bits per heavy atom. The first-order chi connectivity index (χ1) is 9.81. The molecule has 0 radical (unpaired) electrons. The number of amides is 2. The molecule has 0 aromatic rings. The quantitative estimate of drug-likeness (QED) is 0.185. The molecular weight excluding hydrogens is 365 g/mol. The van der Waals surface area contributed by atoms with Gasteiger partial charge in [0.1, 0.15) is 0 Å². The number of aliphatic carboxylic acids is 1. The summed E-state index contributed by atoms with van der Waals surface area (Å²) in [5.41, 5.74) is 0. The molecule has 10 heteroatoms. The molecule has 0 aromatic heterocycles. The van der Waals surface area contributed by atoms with Crippen molar-refractivity contribution in [2.24, 2.45) is 0 Å². The van der Waals surface area contributed by atoms with Crippen molar-refractivity contribution in [3.8, 4) is 0 Å². The number of carboxylic acid groups (broad SMARTS) is 1. The fraction of sp³-hybridized carbons (Fsp3) is 0.636. The van der Waals surface area contributed by atoms with Gasteiger partial charge in [-0.25, -0.2) is 0 Å². The molecule has 0 rings (SSSR count). The number of hydrogen-bond acceptors (Lipinski definition) is 6. The minimum atomic E-state index is -1.17. The minimum absolute atomic E-state index is 0.0472. The van der Waals surface area contributed by atoms with Crippen LogP contribution in [0.3, 0.4) is 0 Å². The first-order valence-corrected chi connectivity index (χ1v) is 7.60. The van der Waals surface area contributed by atoms with Crippen LogP contribution in [0.5, 0.6) is 0 Å². The van der Waals surface area contributed by atoms with Crippen molar-refractivity contribution in [1.82, 2.24) is 16.0 Å². The summed E-state index contributed by atoms with van der Waals surface area (Å²) in [5.74, 6) is -2.12. The number of carboxylic acids is 1. The van der Waals surface area contributed by atoms with Crippen LogP contribution in [0, 0.1) is 0 Å². The molecule has 2 atom stereocenters. The summed E-state index contributed by atoms with van der Waals surface area (Å²) in [4.78, 5) is 33.7. The number of carbonyl (C=O) groups is 3. The van der Waals surface area contributed by atoms with Crippen LogP contribution < -0.4 is 16.0 Å². The summed E-state index contributed by atoms with van der Waals surface area (Å²) in [5, 5.41) is 25.2. The molecule has 0 aliphatic carbocycles. The fourth-order valence-corrected chi connectivity index (χ4v) is 2.16. The van der Waals surface area contributed by atoms with E-state index in [-0.39, 0.29) is 28.7 Å². The second-order valence-corrected chi connectivity index (χ2v) is 5.38. The summed E-state index contributed by atoms with van der Waals surface area (Å²) in [6.07, 6.45) is 0.435. The van der Waals surface area contributed by atoms with Gasteiger partial charge in [0.15, 0.2) is 0 Å². The zero-order valence-electron chi connectivity index (χ0n) is 11.5. The van der Waals surface area contributed by atoms with Crippen LogP contribution in [0.15, 0.2) is 0 Å². The molecule has 0 bridgehead atoms. The van der Waals surface area contributed by atoms with Gasteiger partial charge in [-0.1, -0.05) is 0 Å². The molecule has 2 unspecified atom stereocenters. The summed E-state index contributed by atoms with van der Waals surface area (Å²) < 4.78 is 0.0512. The third-order valence-corrected chi connectivity index (χ3v) is 3.52. The Morgan fingerprint density at radius 3 is 2.29 bits per heavy atom. The molecule has 0 saturated heterocycles. The summed E-state index contributed by atoms with van der Waals surface area (Å²) >= 11 is 6.41. The zero-order valence-corrected chi connectivity index (χ0v) is 14.1. The monoisotopic (exact) mass is 385 g/mol. The summed E-state index contributed by atoms with van der Waals surface area (Å²) in [7, 11) is 1.64. The van der Waals surface area contributed by atoms with Gasteiger partial charge in [0.2, 0.25) is 0 Å². The molecule has 120 valence electrons. The molecule has 0 aliphatic heterocycles. The van der Waals surface area contributed by atoms with Gasteiger partial charge in [-0.15, -0.1) is 0 Å². The van der Waals surface area contributed by atoms with E-state index in [0.29, 0.717) is 6.42 Å². The average molecular weight is 384 g/mol. The van der Waals surface area contributed by atoms with Gasteiger partial charge in [-0.2, -0.15) is 0 Å². The number of rotatable bonds is 10. The molecule has 0 aliphatic rings. The van der Waals surface area contributed by atoms with Crippen LogP contribution in [-0.4, -0.2) is 79.6 Å². The van der Waals surface area contributed by atoms with Crippen molar-refractivity contribution in [2.45, 2.75) is 24.9 Å². The molecule has 0 heterocycles. The molecule has 0 aromatic carbocycles. The number of thiol groups is 1. The molecule has 0 saturated carbocycles. The standard InChI is InChI=1S/C11H19N3O5SSe/c1-12-6(11(19)21)2-3-8(15)14-7(5-20)10(18)13-4-9(16)17/h6-7,12,20H,2-5H2,1H3,(H,13,18)(H,14,15)(H,16,17)(H,19,21). The molecular formula is C11H19N3O5SSe. The predicted molar refractivity (Wildman–Crippen MR) is 81.2 cm³/mol. The molecule has 0 fully saturated rings. The number of hydrogen-bond donors (Lipinski definition) is 6. The summed E-state index contributed by atoms with van der Waals surface area (Å²) in [6, 6.07) is -1.26. The van der Waals surface area contributed by atoms with Crippen molar-refractivity contribution in [3.63, 3.8) is 0 Å². The van der Waals surface area contributed by atoms with Crippen LogP contribution in [0.1, 0.15) is 12.8 Å². The molecule has 21 heavy (non-hydrogen) atoms. The van der Waals surface area contributed by atoms with Gasteiger partial charge >= 0.3 is 135 Å². The van der Waals surface area contributed by atoms with E-state index in [1.165, 1.54) is 0 Å². The topological polar surface area (TPSA) is 128 Å². The van der Waals surface area contributed by atoms with Crippen molar-refractivity contribution in [2.75, 3.05) is 19.3 Å². The number of likely N-dealkylation sites (N-methyl/N-ethyl adjacent to an activating group) is 1. The van der Waals surface area contributed by atoms with Gasteiger partial charge in [0, 0.05) is 0 Å². The first-order valence-electron chi connectivity index (χ1n) is 6.11. The predicted octanol–water partition coefficient (Wildman–Crippen LogP) is -2.36. The third kappa shape index (κ3) is 8.71. The van der Waals surface area contributed by atoms with E-state index >= 15 is 0 Å². The number of aliphatic hydroxyl groups is 1. The van der Waals surface area contributed by atoms with Crippen molar-refractivity contribution >= 4 is 50.6 Å². The molecule has 5 N–H and O–H groups in total. The number of carbonyl (C=O) groups excluding carboxylic acids is 2. The van der Waals surface area contributed by atoms with E-state index in [0.717, 1.165) is 0 Å². The SMILES string of the molecule is CNC(CCC(=O)NC(CS)C(=O)NCC(=O)O)C(O)=[Se]. The summed E-state index contributed by atoms with van der Waals surface area (Å²) in [6.45, 7) is -0.519. The van der Waals surface area contributed by atoms with Crippen LogP contribution in [-0.2, 0) is 14.4 Å². The normalized spacial score (nSPS) is 13.0. The van der Waals surface area contributed by atoms with E-state index in [4.69, 9.17) is 5.11 Å².